The van der Waals surface area contributed by atoms with Gasteiger partial charge in [-0.1, -0.05) is 13.0 Å². The Bertz CT molecular complexity index is 492. The van der Waals surface area contributed by atoms with Crippen LogP contribution in [0.3, 0.4) is 0 Å². The highest BCUT2D eigenvalue weighted by atomic mass is 15.1. The molecule has 0 saturated carbocycles. The van der Waals surface area contributed by atoms with Gasteiger partial charge in [-0.2, -0.15) is 0 Å². The SMILES string of the molecule is CCCn1ccnc1CC(CCc1cccnc1)NC. The van der Waals surface area contributed by atoms with Crippen molar-refractivity contribution in [1.29, 1.82) is 0 Å². The number of aromatic nitrogens is 3. The van der Waals surface area contributed by atoms with Crippen LogP contribution in [0.5, 0.6) is 0 Å². The first-order chi connectivity index (χ1) is 9.83. The van der Waals surface area contributed by atoms with Crippen LogP contribution in [0.2, 0.25) is 0 Å². The third kappa shape index (κ3) is 4.17. The van der Waals surface area contributed by atoms with E-state index < -0.39 is 0 Å². The van der Waals surface area contributed by atoms with E-state index in [-0.39, 0.29) is 0 Å². The number of nitrogens with one attached hydrogen (secondary N) is 1. The van der Waals surface area contributed by atoms with Gasteiger partial charge in [-0.25, -0.2) is 4.98 Å². The molecule has 0 saturated heterocycles. The van der Waals surface area contributed by atoms with Crippen molar-refractivity contribution in [2.24, 2.45) is 0 Å². The van der Waals surface area contributed by atoms with Gasteiger partial charge in [0, 0.05) is 43.8 Å². The van der Waals surface area contributed by atoms with Gasteiger partial charge < -0.3 is 9.88 Å². The number of hydrogen-bond donors (Lipinski definition) is 1. The van der Waals surface area contributed by atoms with Gasteiger partial charge in [0.15, 0.2) is 0 Å². The van der Waals surface area contributed by atoms with Gasteiger partial charge in [-0.3, -0.25) is 4.98 Å². The minimum atomic E-state index is 0.452. The summed E-state index contributed by atoms with van der Waals surface area (Å²) in [5, 5.41) is 3.41. The molecular weight excluding hydrogens is 248 g/mol. The molecule has 1 N–H and O–H groups in total. The zero-order chi connectivity index (χ0) is 14.2. The molecule has 4 nitrogen and oxygen atoms in total. The summed E-state index contributed by atoms with van der Waals surface area (Å²) >= 11 is 0. The first-order valence-corrected chi connectivity index (χ1v) is 7.39. The Balaban J connectivity index is 1.90. The van der Waals surface area contributed by atoms with Gasteiger partial charge in [0.2, 0.25) is 0 Å². The summed E-state index contributed by atoms with van der Waals surface area (Å²) in [6, 6.07) is 4.59. The van der Waals surface area contributed by atoms with Crippen molar-refractivity contribution < 1.29 is 0 Å². The third-order valence-corrected chi connectivity index (χ3v) is 3.61. The Morgan fingerprint density at radius 1 is 1.35 bits per heavy atom. The van der Waals surface area contributed by atoms with Gasteiger partial charge in [0.1, 0.15) is 5.82 Å². The second-order valence-electron chi connectivity index (χ2n) is 5.13. The van der Waals surface area contributed by atoms with Gasteiger partial charge in [0.25, 0.3) is 0 Å². The molecule has 0 aliphatic heterocycles. The molecule has 2 rings (SSSR count). The standard InChI is InChI=1S/C16H24N4/c1-3-10-20-11-9-19-16(20)12-15(17-2)7-6-14-5-4-8-18-13-14/h4-5,8-9,11,13,15,17H,3,6-7,10,12H2,1-2H3. The van der Waals surface area contributed by atoms with Crippen molar-refractivity contribution in [2.45, 2.75) is 45.2 Å². The summed E-state index contributed by atoms with van der Waals surface area (Å²) in [6.45, 7) is 3.25. The number of likely N-dealkylation sites (N-methyl/N-ethyl adjacent to an activating group) is 1. The zero-order valence-electron chi connectivity index (χ0n) is 12.4. The first-order valence-electron chi connectivity index (χ1n) is 7.39. The Kier molecular flexibility index (Phi) is 5.74. The van der Waals surface area contributed by atoms with Crippen LogP contribution in [0, 0.1) is 0 Å². The predicted molar refractivity (Wildman–Crippen MR) is 81.6 cm³/mol. The second-order valence-corrected chi connectivity index (χ2v) is 5.13. The highest BCUT2D eigenvalue weighted by molar-refractivity contribution is 5.09. The van der Waals surface area contributed by atoms with Gasteiger partial charge in [-0.15, -0.1) is 0 Å². The fraction of sp³-hybridized carbons (Fsp3) is 0.500. The first kappa shape index (κ1) is 14.7. The zero-order valence-corrected chi connectivity index (χ0v) is 12.4. The molecule has 0 radical (unpaired) electrons. The van der Waals surface area contributed by atoms with Crippen LogP contribution in [0.15, 0.2) is 36.9 Å². The van der Waals surface area contributed by atoms with Crippen LogP contribution in [0.4, 0.5) is 0 Å². The van der Waals surface area contributed by atoms with E-state index in [9.17, 15) is 0 Å². The van der Waals surface area contributed by atoms with E-state index in [0.29, 0.717) is 6.04 Å². The molecular formula is C16H24N4. The van der Waals surface area contributed by atoms with E-state index in [2.05, 4.69) is 39.0 Å². The molecule has 0 fully saturated rings. The highest BCUT2D eigenvalue weighted by Gasteiger charge is 2.11. The van der Waals surface area contributed by atoms with Crippen molar-refractivity contribution in [3.05, 3.63) is 48.3 Å². The monoisotopic (exact) mass is 272 g/mol. The summed E-state index contributed by atoms with van der Waals surface area (Å²) in [5.41, 5.74) is 1.30. The van der Waals surface area contributed by atoms with Gasteiger partial charge >= 0.3 is 0 Å². The van der Waals surface area contributed by atoms with E-state index in [4.69, 9.17) is 0 Å². The average Bonchev–Trinajstić information content (AvgIpc) is 2.92. The Morgan fingerprint density at radius 2 is 2.25 bits per heavy atom. The lowest BCUT2D eigenvalue weighted by atomic mass is 10.0. The van der Waals surface area contributed by atoms with E-state index in [1.165, 1.54) is 11.4 Å². The molecule has 2 heterocycles. The van der Waals surface area contributed by atoms with E-state index >= 15 is 0 Å². The number of rotatable bonds is 8. The van der Waals surface area contributed by atoms with Crippen LogP contribution in [0.25, 0.3) is 0 Å². The lowest BCUT2D eigenvalue weighted by molar-refractivity contribution is 0.493. The summed E-state index contributed by atoms with van der Waals surface area (Å²) < 4.78 is 2.26. The van der Waals surface area contributed by atoms with Crippen LogP contribution in [-0.2, 0) is 19.4 Å². The number of imidazole rings is 1. The van der Waals surface area contributed by atoms with Crippen LogP contribution >= 0.6 is 0 Å². The molecule has 2 aromatic rings. The minimum absolute atomic E-state index is 0.452. The van der Waals surface area contributed by atoms with Crippen molar-refractivity contribution in [1.82, 2.24) is 19.9 Å². The second kappa shape index (κ2) is 7.80. The lowest BCUT2D eigenvalue weighted by Crippen LogP contribution is -2.29. The molecule has 1 atom stereocenters. The van der Waals surface area contributed by atoms with Gasteiger partial charge in [0.05, 0.1) is 0 Å². The summed E-state index contributed by atoms with van der Waals surface area (Å²) in [7, 11) is 2.03. The van der Waals surface area contributed by atoms with Crippen LogP contribution in [0.1, 0.15) is 31.2 Å². The summed E-state index contributed by atoms with van der Waals surface area (Å²) in [4.78, 5) is 8.65. The molecule has 20 heavy (non-hydrogen) atoms. The van der Waals surface area contributed by atoms with Gasteiger partial charge in [-0.05, 0) is 37.9 Å². The minimum Gasteiger partial charge on any atom is -0.335 e. The van der Waals surface area contributed by atoms with Crippen molar-refractivity contribution in [3.63, 3.8) is 0 Å². The number of pyridine rings is 1. The normalized spacial score (nSPS) is 12.5. The maximum Gasteiger partial charge on any atom is 0.110 e. The van der Waals surface area contributed by atoms with E-state index in [0.717, 1.165) is 32.2 Å². The summed E-state index contributed by atoms with van der Waals surface area (Å²) in [6.07, 6.45) is 12.0. The Morgan fingerprint density at radius 3 is 2.95 bits per heavy atom. The highest BCUT2D eigenvalue weighted by Crippen LogP contribution is 2.09. The van der Waals surface area contributed by atoms with Crippen molar-refractivity contribution >= 4 is 0 Å². The smallest absolute Gasteiger partial charge is 0.110 e. The lowest BCUT2D eigenvalue weighted by Gasteiger charge is -2.16. The number of aryl methyl sites for hydroxylation is 2. The summed E-state index contributed by atoms with van der Waals surface area (Å²) in [5.74, 6) is 1.18. The Labute approximate surface area is 121 Å². The molecule has 1 unspecified atom stereocenters. The molecule has 0 aliphatic carbocycles. The van der Waals surface area contributed by atoms with E-state index in [1.54, 1.807) is 0 Å². The molecule has 2 aromatic heterocycles. The quantitative estimate of drug-likeness (QED) is 0.802. The fourth-order valence-corrected chi connectivity index (χ4v) is 2.43. The molecule has 0 aromatic carbocycles. The van der Waals surface area contributed by atoms with Crippen LogP contribution in [-0.4, -0.2) is 27.6 Å². The maximum atomic E-state index is 4.49. The molecule has 0 aliphatic rings. The van der Waals surface area contributed by atoms with Crippen molar-refractivity contribution in [3.8, 4) is 0 Å². The Hall–Kier alpha value is -1.68. The molecule has 4 heteroatoms. The van der Waals surface area contributed by atoms with Crippen LogP contribution < -0.4 is 5.32 Å². The van der Waals surface area contributed by atoms with Crippen molar-refractivity contribution in [2.75, 3.05) is 7.05 Å². The number of hydrogen-bond acceptors (Lipinski definition) is 3. The molecule has 0 bridgehead atoms. The maximum absolute atomic E-state index is 4.49. The van der Waals surface area contributed by atoms with E-state index in [1.807, 2.05) is 31.7 Å². The molecule has 108 valence electrons. The number of nitrogens with zero attached hydrogens (tertiary/aromatic N) is 3. The largest absolute Gasteiger partial charge is 0.335 e. The average molecular weight is 272 g/mol. The fourth-order valence-electron chi connectivity index (χ4n) is 2.43. The third-order valence-electron chi connectivity index (χ3n) is 3.61. The molecule has 0 amide bonds. The molecule has 0 spiro atoms. The topological polar surface area (TPSA) is 42.7 Å². The predicted octanol–water partition coefficient (Wildman–Crippen LogP) is 2.45.